The summed E-state index contributed by atoms with van der Waals surface area (Å²) >= 11 is 0. The van der Waals surface area contributed by atoms with Gasteiger partial charge in [-0.3, -0.25) is 4.79 Å². The van der Waals surface area contributed by atoms with E-state index >= 15 is 0 Å². The number of rotatable bonds is 2. The molecule has 0 heterocycles. The Bertz CT molecular complexity index is 384. The lowest BCUT2D eigenvalue weighted by molar-refractivity contribution is -0.131. The molecule has 0 fully saturated rings. The van der Waals surface area contributed by atoms with Gasteiger partial charge in [-0.15, -0.1) is 0 Å². The lowest BCUT2D eigenvalue weighted by Crippen LogP contribution is -2.06. The minimum absolute atomic E-state index is 0.0160. The number of carboxylic acids is 1. The van der Waals surface area contributed by atoms with Crippen LogP contribution in [0.25, 0.3) is 0 Å². The molecule has 0 radical (unpaired) electrons. The molecule has 0 amide bonds. The van der Waals surface area contributed by atoms with Gasteiger partial charge in [0.15, 0.2) is 0 Å². The number of hydrogen-bond donors (Lipinski definition) is 2. The van der Waals surface area contributed by atoms with Crippen molar-refractivity contribution in [3.8, 4) is 5.75 Å². The van der Waals surface area contributed by atoms with Crippen molar-refractivity contribution >= 4 is 11.9 Å². The Labute approximate surface area is 92.6 Å². The Balaban J connectivity index is 0.000000673. The minimum Gasteiger partial charge on any atom is -0.516 e. The number of aliphatic hydroxyl groups excluding tert-OH is 1. The molecule has 0 spiro atoms. The van der Waals surface area contributed by atoms with Gasteiger partial charge >= 0.3 is 11.9 Å². The Morgan fingerprint density at radius 3 is 2.31 bits per heavy atom. The van der Waals surface area contributed by atoms with E-state index in [1.807, 2.05) is 0 Å². The molecule has 1 aromatic rings. The van der Waals surface area contributed by atoms with Gasteiger partial charge in [-0.25, -0.2) is 4.79 Å². The third-order valence-corrected chi connectivity index (χ3v) is 1.37. The fraction of sp³-hybridized carbons (Fsp3) is 0.0909. The zero-order valence-electron chi connectivity index (χ0n) is 8.71. The molecule has 0 aliphatic rings. The van der Waals surface area contributed by atoms with Gasteiger partial charge in [0.2, 0.25) is 0 Å². The van der Waals surface area contributed by atoms with E-state index < -0.39 is 11.9 Å². The van der Waals surface area contributed by atoms with Crippen molar-refractivity contribution in [2.24, 2.45) is 0 Å². The summed E-state index contributed by atoms with van der Waals surface area (Å²) in [6.45, 7) is 4.14. The number of aliphatic hydroxyl groups is 1. The molecule has 0 aliphatic carbocycles. The molecule has 0 saturated heterocycles. The van der Waals surface area contributed by atoms with Crippen LogP contribution in [0.4, 0.5) is 0 Å². The second-order valence-corrected chi connectivity index (χ2v) is 2.58. The van der Waals surface area contributed by atoms with E-state index in [9.17, 15) is 9.59 Å². The highest BCUT2D eigenvalue weighted by Crippen LogP contribution is 2.17. The molecule has 16 heavy (non-hydrogen) atoms. The average molecular weight is 224 g/mol. The summed E-state index contributed by atoms with van der Waals surface area (Å²) in [4.78, 5) is 21.2. The summed E-state index contributed by atoms with van der Waals surface area (Å²) in [6, 6.07) is 5.98. The first kappa shape index (κ1) is 13.7. The molecule has 0 aliphatic heterocycles. The SMILES string of the molecule is C=CO.CC(=O)Oc1ccccc1C(=O)O. The Hall–Kier alpha value is -2.30. The van der Waals surface area contributed by atoms with E-state index in [-0.39, 0.29) is 11.3 Å². The van der Waals surface area contributed by atoms with Crippen molar-refractivity contribution in [1.29, 1.82) is 0 Å². The fourth-order valence-electron chi connectivity index (χ4n) is 0.887. The van der Waals surface area contributed by atoms with E-state index in [1.165, 1.54) is 19.1 Å². The van der Waals surface area contributed by atoms with Crippen molar-refractivity contribution in [2.45, 2.75) is 6.92 Å². The largest absolute Gasteiger partial charge is 0.516 e. The van der Waals surface area contributed by atoms with E-state index in [0.717, 1.165) is 6.26 Å². The quantitative estimate of drug-likeness (QED) is 0.456. The van der Waals surface area contributed by atoms with E-state index in [4.69, 9.17) is 10.2 Å². The molecule has 0 saturated carbocycles. The van der Waals surface area contributed by atoms with Crippen LogP contribution < -0.4 is 4.74 Å². The van der Waals surface area contributed by atoms with Crippen LogP contribution in [0.1, 0.15) is 17.3 Å². The third kappa shape index (κ3) is 4.80. The van der Waals surface area contributed by atoms with Gasteiger partial charge in [0.05, 0.1) is 6.26 Å². The van der Waals surface area contributed by atoms with Crippen molar-refractivity contribution in [2.75, 3.05) is 0 Å². The molecule has 5 nitrogen and oxygen atoms in total. The summed E-state index contributed by atoms with van der Waals surface area (Å²) in [5, 5.41) is 16.0. The number of benzene rings is 1. The van der Waals surface area contributed by atoms with Crippen LogP contribution in [0.5, 0.6) is 5.75 Å². The summed E-state index contributed by atoms with van der Waals surface area (Å²) in [6.07, 6.45) is 0.750. The van der Waals surface area contributed by atoms with E-state index in [1.54, 1.807) is 12.1 Å². The van der Waals surface area contributed by atoms with Gasteiger partial charge < -0.3 is 14.9 Å². The maximum Gasteiger partial charge on any atom is 0.339 e. The highest BCUT2D eigenvalue weighted by molar-refractivity contribution is 5.91. The van der Waals surface area contributed by atoms with Crippen molar-refractivity contribution < 1.29 is 24.5 Å². The van der Waals surface area contributed by atoms with Crippen LogP contribution in [0.2, 0.25) is 0 Å². The van der Waals surface area contributed by atoms with Crippen molar-refractivity contribution in [1.82, 2.24) is 0 Å². The zero-order valence-corrected chi connectivity index (χ0v) is 8.71. The highest BCUT2D eigenvalue weighted by Gasteiger charge is 2.10. The van der Waals surface area contributed by atoms with Crippen LogP contribution in [-0.2, 0) is 4.79 Å². The normalized spacial score (nSPS) is 8.31. The average Bonchev–Trinajstić information content (AvgIpc) is 2.18. The lowest BCUT2D eigenvalue weighted by atomic mass is 10.2. The number of carboxylic acid groups (broad SMARTS) is 1. The minimum atomic E-state index is -1.11. The molecule has 0 bridgehead atoms. The zero-order chi connectivity index (χ0) is 12.6. The number of carbonyl (C=O) groups excluding carboxylic acids is 1. The summed E-state index contributed by atoms with van der Waals surface area (Å²) < 4.78 is 4.69. The molecule has 0 atom stereocenters. The first-order chi connectivity index (χ1) is 7.52. The fourth-order valence-corrected chi connectivity index (χ4v) is 0.887. The summed E-state index contributed by atoms with van der Waals surface area (Å²) in [5.41, 5.74) is -0.0160. The van der Waals surface area contributed by atoms with Gasteiger partial charge in [-0.05, 0) is 12.1 Å². The van der Waals surface area contributed by atoms with Crippen LogP contribution >= 0.6 is 0 Å². The van der Waals surface area contributed by atoms with Crippen LogP contribution in [0.3, 0.4) is 0 Å². The number of esters is 1. The molecule has 0 aromatic heterocycles. The molecule has 86 valence electrons. The second-order valence-electron chi connectivity index (χ2n) is 2.58. The molecule has 1 rings (SSSR count). The molecule has 1 aromatic carbocycles. The highest BCUT2D eigenvalue weighted by atomic mass is 16.5. The molecule has 5 heteroatoms. The predicted molar refractivity (Wildman–Crippen MR) is 57.5 cm³/mol. The molecular formula is C11H12O5. The number of para-hydroxylation sites is 1. The van der Waals surface area contributed by atoms with Gasteiger partial charge in [0.1, 0.15) is 11.3 Å². The molecular weight excluding hydrogens is 212 g/mol. The standard InChI is InChI=1S/C9H8O4.C2H4O/c1-6(10)13-8-5-3-2-4-7(8)9(11)12;1-2-3/h2-5H,1H3,(H,11,12);2-3H,1H2. The number of ether oxygens (including phenoxy) is 1. The third-order valence-electron chi connectivity index (χ3n) is 1.37. The van der Waals surface area contributed by atoms with Gasteiger partial charge in [0, 0.05) is 6.92 Å². The van der Waals surface area contributed by atoms with E-state index in [2.05, 4.69) is 11.3 Å². The monoisotopic (exact) mass is 224 g/mol. The van der Waals surface area contributed by atoms with Crippen LogP contribution in [-0.4, -0.2) is 22.2 Å². The molecule has 0 unspecified atom stereocenters. The Morgan fingerprint density at radius 2 is 1.88 bits per heavy atom. The van der Waals surface area contributed by atoms with Crippen LogP contribution in [0, 0.1) is 0 Å². The van der Waals surface area contributed by atoms with Gasteiger partial charge in [0.25, 0.3) is 0 Å². The van der Waals surface area contributed by atoms with Crippen LogP contribution in [0.15, 0.2) is 37.1 Å². The summed E-state index contributed by atoms with van der Waals surface area (Å²) in [5.74, 6) is -1.58. The van der Waals surface area contributed by atoms with Gasteiger partial charge in [-0.1, -0.05) is 18.7 Å². The number of carbonyl (C=O) groups is 2. The Morgan fingerprint density at radius 1 is 1.38 bits per heavy atom. The van der Waals surface area contributed by atoms with Gasteiger partial charge in [-0.2, -0.15) is 0 Å². The maximum atomic E-state index is 10.6. The smallest absolute Gasteiger partial charge is 0.339 e. The first-order valence-corrected chi connectivity index (χ1v) is 4.28. The predicted octanol–water partition coefficient (Wildman–Crippen LogP) is 2.00. The Kier molecular flexibility index (Phi) is 6.04. The molecule has 2 N–H and O–H groups in total. The topological polar surface area (TPSA) is 83.8 Å². The van der Waals surface area contributed by atoms with Crippen molar-refractivity contribution in [3.63, 3.8) is 0 Å². The maximum absolute atomic E-state index is 10.6. The van der Waals surface area contributed by atoms with Crippen molar-refractivity contribution in [3.05, 3.63) is 42.7 Å². The first-order valence-electron chi connectivity index (χ1n) is 4.28. The number of hydrogen-bond acceptors (Lipinski definition) is 4. The second kappa shape index (κ2) is 7.05. The number of aromatic carboxylic acids is 1. The summed E-state index contributed by atoms with van der Waals surface area (Å²) in [7, 11) is 0. The lowest BCUT2D eigenvalue weighted by Gasteiger charge is -2.03. The van der Waals surface area contributed by atoms with E-state index in [0.29, 0.717) is 0 Å².